The summed E-state index contributed by atoms with van der Waals surface area (Å²) in [5.74, 6) is 0.153. The summed E-state index contributed by atoms with van der Waals surface area (Å²) in [6.45, 7) is 0. The number of H-pyrrole nitrogens is 1. The Kier molecular flexibility index (Phi) is 2.27. The van der Waals surface area contributed by atoms with Gasteiger partial charge in [0.15, 0.2) is 11.5 Å². The average Bonchev–Trinajstić information content (AvgIpc) is 2.16. The number of hydrogen-bond donors (Lipinski definition) is 3. The lowest BCUT2D eigenvalue weighted by Gasteiger charge is -2.02. The molecule has 2 heterocycles. The van der Waals surface area contributed by atoms with E-state index >= 15 is 0 Å². The van der Waals surface area contributed by atoms with Crippen LogP contribution < -0.4 is 17.0 Å². The summed E-state index contributed by atoms with van der Waals surface area (Å²) in [7, 11) is 0. The van der Waals surface area contributed by atoms with Gasteiger partial charge in [-0.05, 0) is 0 Å². The van der Waals surface area contributed by atoms with Gasteiger partial charge in [-0.3, -0.25) is 4.79 Å². The van der Waals surface area contributed by atoms with Gasteiger partial charge in [-0.2, -0.15) is 9.97 Å². The van der Waals surface area contributed by atoms with Crippen molar-refractivity contribution in [1.82, 2.24) is 19.9 Å². The second-order valence-corrected chi connectivity index (χ2v) is 3.37. The Hall–Kier alpha value is -1.70. The van der Waals surface area contributed by atoms with Crippen molar-refractivity contribution in [3.05, 3.63) is 16.0 Å². The lowest BCUT2D eigenvalue weighted by Crippen LogP contribution is -2.16. The number of anilines is 2. The number of rotatable bonds is 1. The van der Waals surface area contributed by atoms with Crippen molar-refractivity contribution in [2.75, 3.05) is 11.5 Å². The van der Waals surface area contributed by atoms with E-state index in [1.807, 2.05) is 0 Å². The zero-order valence-corrected chi connectivity index (χ0v) is 9.08. The second-order valence-electron chi connectivity index (χ2n) is 2.81. The molecule has 0 spiro atoms. The molecular weight excluding hydrogens is 264 g/mol. The van der Waals surface area contributed by atoms with E-state index in [2.05, 4.69) is 35.9 Å². The number of nitrogen functional groups attached to an aromatic ring is 2. The van der Waals surface area contributed by atoms with Crippen LogP contribution in [0.4, 0.5) is 11.8 Å². The molecule has 0 fully saturated rings. The van der Waals surface area contributed by atoms with E-state index in [1.165, 1.54) is 0 Å². The number of aromatic nitrogens is 4. The number of halogens is 1. The Morgan fingerprint density at radius 1 is 1.27 bits per heavy atom. The summed E-state index contributed by atoms with van der Waals surface area (Å²) in [6, 6.07) is 0. The molecule has 8 heteroatoms. The minimum absolute atomic E-state index is 0.00374. The van der Waals surface area contributed by atoms with Crippen molar-refractivity contribution in [2.24, 2.45) is 0 Å². The van der Waals surface area contributed by atoms with Crippen LogP contribution in [0.2, 0.25) is 0 Å². The molecule has 0 radical (unpaired) electrons. The predicted molar refractivity (Wildman–Crippen MR) is 59.4 cm³/mol. The van der Waals surface area contributed by atoms with Gasteiger partial charge >= 0.3 is 0 Å². The van der Waals surface area contributed by atoms with Gasteiger partial charge in [-0.15, -0.1) is 0 Å². The molecule has 0 aliphatic carbocycles. The first kappa shape index (κ1) is 9.84. The van der Waals surface area contributed by atoms with Gasteiger partial charge in [0.2, 0.25) is 5.95 Å². The number of hydrogen-bond acceptors (Lipinski definition) is 6. The Morgan fingerprint density at radius 2 is 2.00 bits per heavy atom. The number of nitrogens with two attached hydrogens (primary N) is 2. The highest BCUT2D eigenvalue weighted by Gasteiger charge is 2.08. The highest BCUT2D eigenvalue weighted by Crippen LogP contribution is 2.13. The minimum atomic E-state index is -0.322. The van der Waals surface area contributed by atoms with Crippen LogP contribution in [0.25, 0.3) is 11.2 Å². The molecule has 15 heavy (non-hydrogen) atoms. The first-order valence-electron chi connectivity index (χ1n) is 3.99. The van der Waals surface area contributed by atoms with E-state index in [0.717, 1.165) is 0 Å². The standard InChI is InChI=1S/C7H7BrN6O/c8-1-2-6(15)13-5-3(11-2)4(9)12-7(10)14-5/h1H2,(H5,9,10,12,13,14,15). The van der Waals surface area contributed by atoms with Crippen LogP contribution in [0.1, 0.15) is 5.69 Å². The maximum absolute atomic E-state index is 11.4. The van der Waals surface area contributed by atoms with Gasteiger partial charge < -0.3 is 16.5 Å². The molecule has 78 valence electrons. The maximum atomic E-state index is 11.4. The van der Waals surface area contributed by atoms with Crippen LogP contribution in [0.3, 0.4) is 0 Å². The molecule has 2 aromatic heterocycles. The summed E-state index contributed by atoms with van der Waals surface area (Å²) in [6.07, 6.45) is 0. The van der Waals surface area contributed by atoms with Crippen molar-refractivity contribution in [3.63, 3.8) is 0 Å². The van der Waals surface area contributed by atoms with Gasteiger partial charge in [-0.1, -0.05) is 15.9 Å². The Balaban J connectivity index is 2.87. The lowest BCUT2D eigenvalue weighted by atomic mass is 10.4. The van der Waals surface area contributed by atoms with Gasteiger partial charge in [0.1, 0.15) is 11.2 Å². The highest BCUT2D eigenvalue weighted by molar-refractivity contribution is 9.08. The predicted octanol–water partition coefficient (Wildman–Crippen LogP) is -0.228. The maximum Gasteiger partial charge on any atom is 0.272 e. The molecule has 0 atom stereocenters. The number of fused-ring (bicyclic) bond motifs is 1. The molecule has 2 rings (SSSR count). The summed E-state index contributed by atoms with van der Waals surface area (Å²) >= 11 is 3.14. The molecule has 7 nitrogen and oxygen atoms in total. The van der Waals surface area contributed by atoms with Crippen LogP contribution >= 0.6 is 15.9 Å². The van der Waals surface area contributed by atoms with Crippen molar-refractivity contribution >= 4 is 38.9 Å². The second kappa shape index (κ2) is 3.46. The number of aromatic amines is 1. The van der Waals surface area contributed by atoms with Gasteiger partial charge in [-0.25, -0.2) is 4.98 Å². The van der Waals surface area contributed by atoms with Crippen molar-refractivity contribution in [3.8, 4) is 0 Å². The fraction of sp³-hybridized carbons (Fsp3) is 0.143. The van der Waals surface area contributed by atoms with Gasteiger partial charge in [0.05, 0.1) is 5.33 Å². The largest absolute Gasteiger partial charge is 0.382 e. The Labute approximate surface area is 92.1 Å². The highest BCUT2D eigenvalue weighted by atomic mass is 79.9. The van der Waals surface area contributed by atoms with E-state index in [4.69, 9.17) is 11.5 Å². The van der Waals surface area contributed by atoms with E-state index in [0.29, 0.717) is 16.5 Å². The van der Waals surface area contributed by atoms with E-state index in [-0.39, 0.29) is 23.0 Å². The number of alkyl halides is 1. The first-order valence-corrected chi connectivity index (χ1v) is 5.12. The number of nitrogens with one attached hydrogen (secondary N) is 1. The fourth-order valence-corrected chi connectivity index (χ4v) is 1.52. The monoisotopic (exact) mass is 270 g/mol. The Morgan fingerprint density at radius 3 is 2.67 bits per heavy atom. The van der Waals surface area contributed by atoms with E-state index in [1.54, 1.807) is 0 Å². The molecular formula is C7H7BrN6O. The Bertz CT molecular complexity index is 579. The average molecular weight is 271 g/mol. The van der Waals surface area contributed by atoms with Gasteiger partial charge in [0, 0.05) is 0 Å². The third-order valence-electron chi connectivity index (χ3n) is 1.80. The van der Waals surface area contributed by atoms with E-state index < -0.39 is 0 Å². The molecule has 0 unspecified atom stereocenters. The fourth-order valence-electron chi connectivity index (χ4n) is 1.14. The molecule has 2 aromatic rings. The quantitative estimate of drug-likeness (QED) is 0.615. The van der Waals surface area contributed by atoms with Crippen LogP contribution in [-0.2, 0) is 5.33 Å². The SMILES string of the molecule is Nc1nc(N)c2nc(CBr)c(=O)[nH]c2n1. The van der Waals surface area contributed by atoms with Gasteiger partial charge in [0.25, 0.3) is 5.56 Å². The smallest absolute Gasteiger partial charge is 0.272 e. The molecule has 0 amide bonds. The summed E-state index contributed by atoms with van der Waals surface area (Å²) in [5, 5.41) is 0.335. The lowest BCUT2D eigenvalue weighted by molar-refractivity contribution is 1.07. The zero-order chi connectivity index (χ0) is 11.0. The molecule has 0 saturated carbocycles. The normalized spacial score (nSPS) is 10.7. The van der Waals surface area contributed by atoms with Crippen LogP contribution in [0, 0.1) is 0 Å². The summed E-state index contributed by atoms with van der Waals surface area (Å²) in [5.41, 5.74) is 11.6. The first-order chi connectivity index (χ1) is 7.11. The number of nitrogens with zero attached hydrogens (tertiary/aromatic N) is 3. The molecule has 0 bridgehead atoms. The van der Waals surface area contributed by atoms with Crippen molar-refractivity contribution in [1.29, 1.82) is 0 Å². The zero-order valence-electron chi connectivity index (χ0n) is 7.49. The summed E-state index contributed by atoms with van der Waals surface area (Å²) < 4.78 is 0. The minimum Gasteiger partial charge on any atom is -0.382 e. The third kappa shape index (κ3) is 1.63. The molecule has 0 aliphatic heterocycles. The van der Waals surface area contributed by atoms with Crippen molar-refractivity contribution < 1.29 is 0 Å². The summed E-state index contributed by atoms with van der Waals surface area (Å²) in [4.78, 5) is 25.5. The third-order valence-corrected chi connectivity index (χ3v) is 2.33. The van der Waals surface area contributed by atoms with Crippen LogP contribution in [-0.4, -0.2) is 19.9 Å². The van der Waals surface area contributed by atoms with Crippen LogP contribution in [0.15, 0.2) is 4.79 Å². The molecule has 0 aromatic carbocycles. The molecule has 0 aliphatic rings. The van der Waals surface area contributed by atoms with E-state index in [9.17, 15) is 4.79 Å². The topological polar surface area (TPSA) is 124 Å². The molecule has 0 saturated heterocycles. The van der Waals surface area contributed by atoms with Crippen molar-refractivity contribution in [2.45, 2.75) is 5.33 Å². The van der Waals surface area contributed by atoms with Crippen LogP contribution in [0.5, 0.6) is 0 Å². The molecule has 5 N–H and O–H groups in total.